The maximum Gasteiger partial charge on any atom is 0.266 e. The summed E-state index contributed by atoms with van der Waals surface area (Å²) in [7, 11) is 0. The first-order valence-electron chi connectivity index (χ1n) is 9.99. The lowest BCUT2D eigenvalue weighted by atomic mass is 10.0. The van der Waals surface area contributed by atoms with Crippen LogP contribution in [0.2, 0.25) is 5.02 Å². The van der Waals surface area contributed by atoms with Crippen molar-refractivity contribution in [2.45, 2.75) is 20.3 Å². The highest BCUT2D eigenvalue weighted by molar-refractivity contribution is 6.31. The van der Waals surface area contributed by atoms with Gasteiger partial charge in [-0.3, -0.25) is 4.79 Å². The van der Waals surface area contributed by atoms with Gasteiger partial charge in [0, 0.05) is 17.1 Å². The van der Waals surface area contributed by atoms with E-state index in [9.17, 15) is 10.1 Å². The molecule has 0 spiro atoms. The summed E-state index contributed by atoms with van der Waals surface area (Å²) in [5, 5.41) is 13.0. The third-order valence-corrected chi connectivity index (χ3v) is 5.08. The number of nitrogens with zero attached hydrogens (tertiary/aromatic N) is 1. The van der Waals surface area contributed by atoms with Crippen molar-refractivity contribution in [3.8, 4) is 11.8 Å². The minimum Gasteiger partial charge on any atom is -0.494 e. The minimum atomic E-state index is -0.454. The fourth-order valence-corrected chi connectivity index (χ4v) is 3.30. The molecule has 0 saturated heterocycles. The van der Waals surface area contributed by atoms with E-state index in [1.165, 1.54) is 0 Å². The molecular formula is C26H23ClN2O2. The Hall–Kier alpha value is -3.55. The molecule has 3 aromatic carbocycles. The number of benzene rings is 3. The number of hydrogen-bond donors (Lipinski definition) is 1. The summed E-state index contributed by atoms with van der Waals surface area (Å²) in [5.74, 6) is 0.247. The minimum absolute atomic E-state index is 0.0156. The van der Waals surface area contributed by atoms with E-state index in [1.54, 1.807) is 18.2 Å². The van der Waals surface area contributed by atoms with Crippen LogP contribution in [-0.4, -0.2) is 12.5 Å². The second-order valence-corrected chi connectivity index (χ2v) is 7.47. The number of nitriles is 1. The summed E-state index contributed by atoms with van der Waals surface area (Å²) < 4.78 is 5.82. The predicted octanol–water partition coefficient (Wildman–Crippen LogP) is 6.18. The second-order valence-electron chi connectivity index (χ2n) is 7.06. The number of aryl methyl sites for hydroxylation is 1. The Labute approximate surface area is 187 Å². The van der Waals surface area contributed by atoms with Crippen LogP contribution < -0.4 is 10.1 Å². The molecule has 0 fully saturated rings. The fraction of sp³-hybridized carbons (Fsp3) is 0.154. The molecule has 5 heteroatoms. The van der Waals surface area contributed by atoms with Crippen LogP contribution in [0.5, 0.6) is 5.75 Å². The Bertz CT molecular complexity index is 1140. The summed E-state index contributed by atoms with van der Waals surface area (Å²) in [4.78, 5) is 12.5. The Morgan fingerprint density at radius 2 is 1.84 bits per heavy atom. The maximum atomic E-state index is 12.5. The van der Waals surface area contributed by atoms with Gasteiger partial charge < -0.3 is 10.1 Å². The zero-order valence-corrected chi connectivity index (χ0v) is 18.2. The Morgan fingerprint density at radius 3 is 2.52 bits per heavy atom. The number of amides is 1. The number of halogens is 1. The van der Waals surface area contributed by atoms with Crippen LogP contribution in [0.1, 0.15) is 29.2 Å². The zero-order chi connectivity index (χ0) is 22.2. The van der Waals surface area contributed by atoms with E-state index >= 15 is 0 Å². The smallest absolute Gasteiger partial charge is 0.266 e. The number of nitrogens with one attached hydrogen (secondary N) is 1. The van der Waals surface area contributed by atoms with E-state index in [-0.39, 0.29) is 5.57 Å². The van der Waals surface area contributed by atoms with Crippen LogP contribution in [0.25, 0.3) is 6.08 Å². The van der Waals surface area contributed by atoms with Crippen LogP contribution in [0, 0.1) is 18.3 Å². The summed E-state index contributed by atoms with van der Waals surface area (Å²) in [6.07, 6.45) is 2.18. The number of carbonyl (C=O) groups excluding carboxylic acids is 1. The largest absolute Gasteiger partial charge is 0.494 e. The average Bonchev–Trinajstić information content (AvgIpc) is 2.77. The van der Waals surface area contributed by atoms with Crippen LogP contribution in [0.3, 0.4) is 0 Å². The van der Waals surface area contributed by atoms with Gasteiger partial charge >= 0.3 is 0 Å². The normalized spacial score (nSPS) is 11.0. The summed E-state index contributed by atoms with van der Waals surface area (Å²) in [6.45, 7) is 4.39. The molecular weight excluding hydrogens is 408 g/mol. The molecule has 0 unspecified atom stereocenters. The number of rotatable bonds is 7. The first-order chi connectivity index (χ1) is 15.0. The SMILES string of the molecule is CCOc1cc(/C=C(\C#N)C(=O)Nc2ccc(C)cc2)ccc1Cc1ccccc1Cl. The molecule has 1 amide bonds. The number of ether oxygens (including phenoxy) is 1. The van der Waals surface area contributed by atoms with Gasteiger partial charge in [-0.15, -0.1) is 0 Å². The van der Waals surface area contributed by atoms with Gasteiger partial charge in [0.05, 0.1) is 6.61 Å². The molecule has 156 valence electrons. The molecule has 0 saturated carbocycles. The zero-order valence-electron chi connectivity index (χ0n) is 17.5. The predicted molar refractivity (Wildman–Crippen MR) is 125 cm³/mol. The van der Waals surface area contributed by atoms with Crippen LogP contribution in [0.15, 0.2) is 72.3 Å². The topological polar surface area (TPSA) is 62.1 Å². The standard InChI is InChI=1S/C26H23ClN2O2/c1-3-31-25-15-19(10-11-21(25)16-20-6-4-5-7-24(20)27)14-22(17-28)26(30)29-23-12-8-18(2)9-13-23/h4-15H,3,16H2,1-2H3,(H,29,30)/b22-14+. The van der Waals surface area contributed by atoms with Crippen molar-refractivity contribution in [3.63, 3.8) is 0 Å². The molecule has 0 atom stereocenters. The second kappa shape index (κ2) is 10.5. The van der Waals surface area contributed by atoms with Crippen LogP contribution >= 0.6 is 11.6 Å². The van der Waals surface area contributed by atoms with Crippen molar-refractivity contribution in [3.05, 3.63) is 99.6 Å². The molecule has 4 nitrogen and oxygen atoms in total. The number of carbonyl (C=O) groups is 1. The Kier molecular flexibility index (Phi) is 7.48. The lowest BCUT2D eigenvalue weighted by molar-refractivity contribution is -0.112. The number of anilines is 1. The van der Waals surface area contributed by atoms with Gasteiger partial charge in [0.2, 0.25) is 0 Å². The van der Waals surface area contributed by atoms with Crippen molar-refractivity contribution in [2.24, 2.45) is 0 Å². The van der Waals surface area contributed by atoms with Gasteiger partial charge in [-0.1, -0.05) is 59.6 Å². The van der Waals surface area contributed by atoms with Crippen LogP contribution in [0.4, 0.5) is 5.69 Å². The highest BCUT2D eigenvalue weighted by Crippen LogP contribution is 2.27. The van der Waals surface area contributed by atoms with Crippen molar-refractivity contribution in [2.75, 3.05) is 11.9 Å². The highest BCUT2D eigenvalue weighted by Gasteiger charge is 2.12. The molecule has 0 aliphatic carbocycles. The van der Waals surface area contributed by atoms with E-state index in [2.05, 4.69) is 5.32 Å². The van der Waals surface area contributed by atoms with Crippen molar-refractivity contribution in [1.29, 1.82) is 5.26 Å². The Balaban J connectivity index is 1.85. The summed E-state index contributed by atoms with van der Waals surface area (Å²) in [6, 6.07) is 22.7. The number of hydrogen-bond acceptors (Lipinski definition) is 3. The van der Waals surface area contributed by atoms with Crippen molar-refractivity contribution in [1.82, 2.24) is 0 Å². The maximum absolute atomic E-state index is 12.5. The van der Waals surface area contributed by atoms with E-state index in [0.29, 0.717) is 35.1 Å². The molecule has 0 aromatic heterocycles. The summed E-state index contributed by atoms with van der Waals surface area (Å²) >= 11 is 6.30. The highest BCUT2D eigenvalue weighted by atomic mass is 35.5. The third-order valence-electron chi connectivity index (χ3n) is 4.72. The third kappa shape index (κ3) is 5.97. The van der Waals surface area contributed by atoms with Crippen molar-refractivity contribution < 1.29 is 9.53 Å². The monoisotopic (exact) mass is 430 g/mol. The van der Waals surface area contributed by atoms with Gasteiger partial charge in [0.1, 0.15) is 17.4 Å². The summed E-state index contributed by atoms with van der Waals surface area (Å²) in [5.41, 5.74) is 4.44. The van der Waals surface area contributed by atoms with E-state index in [4.69, 9.17) is 16.3 Å². The molecule has 3 aromatic rings. The van der Waals surface area contributed by atoms with E-state index in [0.717, 1.165) is 16.7 Å². The molecule has 0 radical (unpaired) electrons. The average molecular weight is 431 g/mol. The van der Waals surface area contributed by atoms with Gasteiger partial charge in [-0.25, -0.2) is 0 Å². The van der Waals surface area contributed by atoms with Gasteiger partial charge in [-0.05, 0) is 60.9 Å². The first kappa shape index (κ1) is 22.1. The lowest BCUT2D eigenvalue weighted by Crippen LogP contribution is -2.13. The van der Waals surface area contributed by atoms with Gasteiger partial charge in [0.25, 0.3) is 5.91 Å². The van der Waals surface area contributed by atoms with E-state index in [1.807, 2.05) is 74.5 Å². The molecule has 0 heterocycles. The molecule has 0 aliphatic rings. The molecule has 31 heavy (non-hydrogen) atoms. The molecule has 0 aliphatic heterocycles. The molecule has 0 bridgehead atoms. The first-order valence-corrected chi connectivity index (χ1v) is 10.4. The fourth-order valence-electron chi connectivity index (χ4n) is 3.09. The molecule has 1 N–H and O–H groups in total. The van der Waals surface area contributed by atoms with Crippen molar-refractivity contribution >= 4 is 29.3 Å². The van der Waals surface area contributed by atoms with E-state index < -0.39 is 5.91 Å². The quantitative estimate of drug-likeness (QED) is 0.359. The molecule has 3 rings (SSSR count). The van der Waals surface area contributed by atoms with Crippen LogP contribution in [-0.2, 0) is 11.2 Å². The lowest BCUT2D eigenvalue weighted by Gasteiger charge is -2.12. The Morgan fingerprint density at radius 1 is 1.10 bits per heavy atom. The van der Waals surface area contributed by atoms with Gasteiger partial charge in [0.15, 0.2) is 0 Å². The van der Waals surface area contributed by atoms with Gasteiger partial charge in [-0.2, -0.15) is 5.26 Å².